The molecule has 0 atom stereocenters. The number of hydrogen-bond donors (Lipinski definition) is 4. The highest BCUT2D eigenvalue weighted by Crippen LogP contribution is 2.42. The van der Waals surface area contributed by atoms with Crippen molar-refractivity contribution >= 4 is 23.8 Å². The normalized spacial score (nSPS) is 17.8. The number of phenolic OH excluding ortho intramolecular Hbond substituents is 3. The number of hydrogen-bond acceptors (Lipinski definition) is 8. The van der Waals surface area contributed by atoms with Crippen LogP contribution < -0.4 is 10.1 Å². The Morgan fingerprint density at radius 1 is 1.12 bits per heavy atom. The first-order valence-electron chi connectivity index (χ1n) is 10.4. The summed E-state index contributed by atoms with van der Waals surface area (Å²) in [5, 5.41) is 37.2. The Morgan fingerprint density at radius 3 is 2.33 bits per heavy atom. The van der Waals surface area contributed by atoms with Crippen molar-refractivity contribution in [3.8, 4) is 17.2 Å². The summed E-state index contributed by atoms with van der Waals surface area (Å²) >= 11 is 1.66. The van der Waals surface area contributed by atoms with Crippen LogP contribution in [0.1, 0.15) is 47.7 Å². The lowest BCUT2D eigenvalue weighted by Gasteiger charge is -2.18. The summed E-state index contributed by atoms with van der Waals surface area (Å²) in [7, 11) is 0. The van der Waals surface area contributed by atoms with E-state index in [1.165, 1.54) is 28.9 Å². The predicted octanol–water partition coefficient (Wildman–Crippen LogP) is 3.13. The summed E-state index contributed by atoms with van der Waals surface area (Å²) in [6.45, 7) is 4.07. The number of benzene rings is 1. The molecule has 4 rings (SSSR count). The first kappa shape index (κ1) is 24.8. The lowest BCUT2D eigenvalue weighted by molar-refractivity contribution is -0.156. The van der Waals surface area contributed by atoms with Crippen molar-refractivity contribution in [2.75, 3.05) is 13.1 Å². The molecule has 12 heteroatoms. The number of piperidine rings is 1. The summed E-state index contributed by atoms with van der Waals surface area (Å²) in [6, 6.07) is 3.15. The van der Waals surface area contributed by atoms with Crippen molar-refractivity contribution < 1.29 is 33.3 Å². The summed E-state index contributed by atoms with van der Waals surface area (Å²) in [4.78, 5) is 15.8. The first-order valence-corrected chi connectivity index (χ1v) is 11.2. The number of halogens is 3. The van der Waals surface area contributed by atoms with E-state index in [9.17, 15) is 28.5 Å². The van der Waals surface area contributed by atoms with Gasteiger partial charge in [-0.05, 0) is 57.8 Å². The van der Waals surface area contributed by atoms with E-state index in [1.807, 2.05) is 4.68 Å². The van der Waals surface area contributed by atoms with E-state index in [0.717, 1.165) is 43.6 Å². The quantitative estimate of drug-likeness (QED) is 0.301. The van der Waals surface area contributed by atoms with Crippen LogP contribution in [0.25, 0.3) is 0 Å². The van der Waals surface area contributed by atoms with Gasteiger partial charge in [0.1, 0.15) is 0 Å². The van der Waals surface area contributed by atoms with Crippen LogP contribution in [0, 0.1) is 6.92 Å². The van der Waals surface area contributed by atoms with Gasteiger partial charge in [0.15, 0.2) is 11.5 Å². The standard InChI is InChI=1S/C19H24N4O3S.C2HF3O/c1-11-16(12-2-3-12)23(19(27-11)22-14-6-8-20-9-7-14)21-10-13-4-5-15(24)18(26)17(13)25;3-2(4,5)1-6/h4-5,10,12,14,20,24-26H,2-3,6-9H2,1H3;1H/b21-10+,22-19?;. The zero-order valence-electron chi connectivity index (χ0n) is 17.8. The Balaban J connectivity index is 0.000000454. The third-order valence-corrected chi connectivity index (χ3v) is 6.16. The summed E-state index contributed by atoms with van der Waals surface area (Å²) in [5.41, 5.74) is 1.53. The van der Waals surface area contributed by atoms with E-state index in [4.69, 9.17) is 9.79 Å². The maximum Gasteiger partial charge on any atom is 0.446 e. The second kappa shape index (κ2) is 10.4. The smallest absolute Gasteiger partial charge is 0.446 e. The van der Waals surface area contributed by atoms with Gasteiger partial charge in [0.05, 0.1) is 18.0 Å². The Labute approximate surface area is 191 Å². The molecule has 2 aliphatic rings. The van der Waals surface area contributed by atoms with Crippen molar-refractivity contribution in [2.24, 2.45) is 10.1 Å². The summed E-state index contributed by atoms with van der Waals surface area (Å²) in [5.74, 6) is -0.760. The molecule has 0 unspecified atom stereocenters. The van der Waals surface area contributed by atoms with E-state index in [1.54, 1.807) is 11.3 Å². The second-order valence-corrected chi connectivity index (χ2v) is 8.98. The van der Waals surface area contributed by atoms with Crippen LogP contribution >= 0.6 is 11.3 Å². The highest BCUT2D eigenvalue weighted by molar-refractivity contribution is 7.09. The van der Waals surface area contributed by atoms with Crippen molar-refractivity contribution in [1.29, 1.82) is 0 Å². The number of aryl methyl sites for hydroxylation is 1. The minimum absolute atomic E-state index is 0.295. The highest BCUT2D eigenvalue weighted by Gasteiger charge is 2.30. The molecule has 1 saturated heterocycles. The Hall–Kier alpha value is -2.86. The molecule has 180 valence electrons. The number of thiazole rings is 1. The molecule has 1 aliphatic carbocycles. The van der Waals surface area contributed by atoms with E-state index in [-0.39, 0.29) is 11.5 Å². The van der Waals surface area contributed by atoms with Crippen molar-refractivity contribution in [3.63, 3.8) is 0 Å². The van der Waals surface area contributed by atoms with Gasteiger partial charge >= 0.3 is 6.18 Å². The topological polar surface area (TPSA) is 119 Å². The lowest BCUT2D eigenvalue weighted by Crippen LogP contribution is -2.31. The molecule has 1 saturated carbocycles. The molecule has 0 amide bonds. The lowest BCUT2D eigenvalue weighted by atomic mass is 10.1. The van der Waals surface area contributed by atoms with Crippen molar-refractivity contribution in [2.45, 2.75) is 50.7 Å². The van der Waals surface area contributed by atoms with Crippen LogP contribution in [0.4, 0.5) is 13.2 Å². The van der Waals surface area contributed by atoms with Gasteiger partial charge in [0, 0.05) is 16.4 Å². The van der Waals surface area contributed by atoms with Gasteiger partial charge in [-0.3, -0.25) is 9.79 Å². The number of aromatic nitrogens is 1. The minimum atomic E-state index is -4.64. The number of carbonyl (C=O) groups is 1. The molecule has 1 aliphatic heterocycles. The van der Waals surface area contributed by atoms with E-state index in [2.05, 4.69) is 17.3 Å². The molecule has 1 aromatic heterocycles. The fraction of sp³-hybridized carbons (Fsp3) is 0.476. The summed E-state index contributed by atoms with van der Waals surface area (Å²) in [6.07, 6.45) is 0.162. The molecule has 2 heterocycles. The highest BCUT2D eigenvalue weighted by atomic mass is 32.1. The molecule has 4 N–H and O–H groups in total. The number of carbonyl (C=O) groups excluding carboxylic acids is 1. The maximum atomic E-state index is 10.4. The maximum absolute atomic E-state index is 10.4. The Morgan fingerprint density at radius 2 is 1.76 bits per heavy atom. The first-order chi connectivity index (χ1) is 15.6. The fourth-order valence-electron chi connectivity index (χ4n) is 3.40. The van der Waals surface area contributed by atoms with Gasteiger partial charge in [-0.15, -0.1) is 11.3 Å². The van der Waals surface area contributed by atoms with Crippen LogP contribution in [0.2, 0.25) is 0 Å². The Kier molecular flexibility index (Phi) is 7.80. The number of aromatic hydroxyl groups is 3. The van der Waals surface area contributed by atoms with Gasteiger partial charge in [0.25, 0.3) is 0 Å². The van der Waals surface area contributed by atoms with Crippen LogP contribution in [0.5, 0.6) is 17.2 Å². The van der Waals surface area contributed by atoms with Crippen LogP contribution in [0.3, 0.4) is 0 Å². The third kappa shape index (κ3) is 6.57. The molecule has 0 spiro atoms. The second-order valence-electron chi connectivity index (χ2n) is 7.80. The minimum Gasteiger partial charge on any atom is -0.504 e. The number of rotatable bonds is 4. The van der Waals surface area contributed by atoms with E-state index in [0.29, 0.717) is 17.5 Å². The van der Waals surface area contributed by atoms with Gasteiger partial charge in [-0.25, -0.2) is 4.68 Å². The zero-order chi connectivity index (χ0) is 24.2. The number of phenols is 3. The van der Waals surface area contributed by atoms with Gasteiger partial charge in [-0.2, -0.15) is 18.3 Å². The molecule has 2 aromatic rings. The van der Waals surface area contributed by atoms with Crippen molar-refractivity contribution in [3.05, 3.63) is 33.1 Å². The van der Waals surface area contributed by atoms with Gasteiger partial charge in [0.2, 0.25) is 16.8 Å². The van der Waals surface area contributed by atoms with Gasteiger partial charge in [-0.1, -0.05) is 0 Å². The molecular formula is C21H25F3N4O4S. The number of nitrogens with one attached hydrogen (secondary N) is 1. The largest absolute Gasteiger partial charge is 0.504 e. The number of alkyl halides is 3. The Bertz CT molecular complexity index is 1080. The third-order valence-electron chi connectivity index (χ3n) is 5.19. The average molecular weight is 487 g/mol. The van der Waals surface area contributed by atoms with Crippen molar-refractivity contribution in [1.82, 2.24) is 9.99 Å². The predicted molar refractivity (Wildman–Crippen MR) is 117 cm³/mol. The molecule has 8 nitrogen and oxygen atoms in total. The molecule has 0 radical (unpaired) electrons. The number of aldehydes is 1. The molecule has 33 heavy (non-hydrogen) atoms. The van der Waals surface area contributed by atoms with E-state index < -0.39 is 18.2 Å². The fourth-order valence-corrected chi connectivity index (χ4v) is 4.46. The summed E-state index contributed by atoms with van der Waals surface area (Å²) < 4.78 is 33.1. The monoisotopic (exact) mass is 486 g/mol. The van der Waals surface area contributed by atoms with E-state index >= 15 is 0 Å². The molecule has 1 aromatic carbocycles. The SMILES string of the molecule is Cc1sc(=NC2CCNCC2)n(/N=C/c2ccc(O)c(O)c2O)c1C1CC1.O=CC(F)(F)F. The zero-order valence-corrected chi connectivity index (χ0v) is 18.7. The van der Waals surface area contributed by atoms with Crippen LogP contribution in [-0.4, -0.2) is 57.8 Å². The van der Waals surface area contributed by atoms with Gasteiger partial charge < -0.3 is 20.6 Å². The molecule has 0 bridgehead atoms. The van der Waals surface area contributed by atoms with Crippen LogP contribution in [-0.2, 0) is 4.79 Å². The average Bonchev–Trinajstić information content (AvgIpc) is 3.56. The molecular weight excluding hydrogens is 461 g/mol. The number of nitrogens with zero attached hydrogens (tertiary/aromatic N) is 3. The van der Waals surface area contributed by atoms with Crippen LogP contribution in [0.15, 0.2) is 22.2 Å². The molecule has 2 fully saturated rings.